The van der Waals surface area contributed by atoms with Crippen LogP contribution in [-0.2, 0) is 6.54 Å². The lowest BCUT2D eigenvalue weighted by molar-refractivity contribution is 0.171. The van der Waals surface area contributed by atoms with Crippen molar-refractivity contribution in [2.24, 2.45) is 0 Å². The molecule has 2 rings (SSSR count). The Bertz CT molecular complexity index is 406. The second kappa shape index (κ2) is 5.93. The molecule has 0 aromatic heterocycles. The second-order valence-electron chi connectivity index (χ2n) is 4.35. The predicted molar refractivity (Wildman–Crippen MR) is 67.1 cm³/mol. The molecule has 0 aliphatic carbocycles. The smallest absolute Gasteiger partial charge is 0.231 e. The Labute approximate surface area is 107 Å². The average molecular weight is 253 g/mol. The van der Waals surface area contributed by atoms with Gasteiger partial charge < -0.3 is 24.6 Å². The van der Waals surface area contributed by atoms with Crippen molar-refractivity contribution in [3.63, 3.8) is 0 Å². The molecule has 5 nitrogen and oxygen atoms in total. The van der Waals surface area contributed by atoms with E-state index in [2.05, 4.69) is 5.32 Å². The number of hydrogen-bond acceptors (Lipinski definition) is 5. The maximum Gasteiger partial charge on any atom is 0.231 e. The molecule has 1 atom stereocenters. The number of methoxy groups -OCH3 is 1. The molecular formula is C13H19NO4. The first kappa shape index (κ1) is 13.0. The number of rotatable bonds is 6. The predicted octanol–water partition coefficient (Wildman–Crippen LogP) is 1.28. The molecule has 2 N–H and O–H groups in total. The summed E-state index contributed by atoms with van der Waals surface area (Å²) in [5, 5.41) is 12.4. The van der Waals surface area contributed by atoms with Gasteiger partial charge in [0, 0.05) is 6.54 Å². The highest BCUT2D eigenvalue weighted by Gasteiger charge is 2.19. The van der Waals surface area contributed by atoms with E-state index in [9.17, 15) is 0 Å². The maximum atomic E-state index is 9.16. The van der Waals surface area contributed by atoms with E-state index in [4.69, 9.17) is 19.3 Å². The van der Waals surface area contributed by atoms with Gasteiger partial charge in [0.05, 0.1) is 13.2 Å². The van der Waals surface area contributed by atoms with Crippen LogP contribution in [0.25, 0.3) is 0 Å². The molecule has 1 unspecified atom stereocenters. The molecule has 0 saturated heterocycles. The molecule has 1 aliphatic rings. The largest absolute Gasteiger partial charge is 0.493 e. The Balaban J connectivity index is 1.97. The average Bonchev–Trinajstić information content (AvgIpc) is 2.81. The quantitative estimate of drug-likeness (QED) is 0.748. The van der Waals surface area contributed by atoms with E-state index < -0.39 is 0 Å². The Morgan fingerprint density at radius 2 is 2.28 bits per heavy atom. The number of ether oxygens (including phenoxy) is 3. The summed E-state index contributed by atoms with van der Waals surface area (Å²) < 4.78 is 16.0. The van der Waals surface area contributed by atoms with E-state index in [1.54, 1.807) is 14.0 Å². The zero-order valence-electron chi connectivity index (χ0n) is 10.7. The van der Waals surface area contributed by atoms with Gasteiger partial charge in [-0.25, -0.2) is 0 Å². The third-order valence-electron chi connectivity index (χ3n) is 2.79. The molecule has 1 aliphatic heterocycles. The van der Waals surface area contributed by atoms with Crippen LogP contribution in [0.15, 0.2) is 12.1 Å². The summed E-state index contributed by atoms with van der Waals surface area (Å²) in [5.41, 5.74) is 1.07. The van der Waals surface area contributed by atoms with Crippen molar-refractivity contribution in [3.8, 4) is 17.2 Å². The van der Waals surface area contributed by atoms with E-state index in [0.717, 1.165) is 24.3 Å². The summed E-state index contributed by atoms with van der Waals surface area (Å²) in [7, 11) is 1.61. The molecule has 0 radical (unpaired) electrons. The molecule has 0 bridgehead atoms. The fourth-order valence-corrected chi connectivity index (χ4v) is 1.83. The van der Waals surface area contributed by atoms with Crippen LogP contribution in [0.5, 0.6) is 17.2 Å². The van der Waals surface area contributed by atoms with Crippen LogP contribution in [0.1, 0.15) is 18.9 Å². The third-order valence-corrected chi connectivity index (χ3v) is 2.79. The molecule has 0 spiro atoms. The Hall–Kier alpha value is -1.46. The lowest BCUT2D eigenvalue weighted by atomic mass is 10.1. The molecule has 0 fully saturated rings. The van der Waals surface area contributed by atoms with E-state index >= 15 is 0 Å². The van der Waals surface area contributed by atoms with Gasteiger partial charge in [-0.15, -0.1) is 0 Å². The van der Waals surface area contributed by atoms with Gasteiger partial charge in [-0.2, -0.15) is 0 Å². The van der Waals surface area contributed by atoms with Crippen LogP contribution in [0.4, 0.5) is 0 Å². The van der Waals surface area contributed by atoms with Gasteiger partial charge in [-0.3, -0.25) is 0 Å². The van der Waals surface area contributed by atoms with Gasteiger partial charge in [-0.05, 0) is 37.6 Å². The van der Waals surface area contributed by atoms with Gasteiger partial charge >= 0.3 is 0 Å². The summed E-state index contributed by atoms with van der Waals surface area (Å²) in [6.07, 6.45) is 0.464. The van der Waals surface area contributed by atoms with E-state index in [1.807, 2.05) is 12.1 Å². The van der Waals surface area contributed by atoms with Gasteiger partial charge in [0.2, 0.25) is 12.5 Å². The minimum atomic E-state index is -0.274. The van der Waals surface area contributed by atoms with Crippen molar-refractivity contribution in [2.75, 3.05) is 20.4 Å². The van der Waals surface area contributed by atoms with E-state index in [-0.39, 0.29) is 12.9 Å². The summed E-state index contributed by atoms with van der Waals surface area (Å²) >= 11 is 0. The zero-order chi connectivity index (χ0) is 13.0. The van der Waals surface area contributed by atoms with Crippen LogP contribution in [0.3, 0.4) is 0 Å². The van der Waals surface area contributed by atoms with Gasteiger partial charge in [-0.1, -0.05) is 0 Å². The summed E-state index contributed by atoms with van der Waals surface area (Å²) in [4.78, 5) is 0. The minimum absolute atomic E-state index is 0.241. The highest BCUT2D eigenvalue weighted by Crippen LogP contribution is 2.41. The lowest BCUT2D eigenvalue weighted by Crippen LogP contribution is -2.18. The van der Waals surface area contributed by atoms with Crippen LogP contribution >= 0.6 is 0 Å². The number of aliphatic hydroxyl groups is 1. The SMILES string of the molecule is COc1cc(CNCCC(C)O)cc2c1OCO2. The van der Waals surface area contributed by atoms with Crippen molar-refractivity contribution in [1.29, 1.82) is 0 Å². The molecule has 1 aromatic carbocycles. The summed E-state index contributed by atoms with van der Waals surface area (Å²) in [5.74, 6) is 2.09. The van der Waals surface area contributed by atoms with Gasteiger partial charge in [0.1, 0.15) is 0 Å². The molecule has 18 heavy (non-hydrogen) atoms. The standard InChI is InChI=1S/C13H19NO4/c1-9(15)3-4-14-7-10-5-11(16-2)13-12(6-10)17-8-18-13/h5-6,9,14-15H,3-4,7-8H2,1-2H3. The highest BCUT2D eigenvalue weighted by atomic mass is 16.7. The number of benzene rings is 1. The third kappa shape index (κ3) is 3.05. The first-order chi connectivity index (χ1) is 8.70. The van der Waals surface area contributed by atoms with E-state index in [1.165, 1.54) is 0 Å². The zero-order valence-corrected chi connectivity index (χ0v) is 10.7. The van der Waals surface area contributed by atoms with Crippen molar-refractivity contribution < 1.29 is 19.3 Å². The van der Waals surface area contributed by atoms with E-state index in [0.29, 0.717) is 18.0 Å². The normalized spacial score (nSPS) is 14.6. The number of fused-ring (bicyclic) bond motifs is 1. The molecule has 0 saturated carbocycles. The number of aliphatic hydroxyl groups excluding tert-OH is 1. The summed E-state index contributed by atoms with van der Waals surface area (Å²) in [6.45, 7) is 3.50. The number of hydrogen-bond donors (Lipinski definition) is 2. The second-order valence-corrected chi connectivity index (χ2v) is 4.35. The fourth-order valence-electron chi connectivity index (χ4n) is 1.83. The Morgan fingerprint density at radius 3 is 3.00 bits per heavy atom. The van der Waals surface area contributed by atoms with Crippen LogP contribution in [0, 0.1) is 0 Å². The van der Waals surface area contributed by atoms with Crippen LogP contribution in [-0.4, -0.2) is 31.7 Å². The van der Waals surface area contributed by atoms with Crippen molar-refractivity contribution in [2.45, 2.75) is 26.0 Å². The Morgan fingerprint density at radius 1 is 1.44 bits per heavy atom. The Kier molecular flexibility index (Phi) is 4.28. The van der Waals surface area contributed by atoms with Gasteiger partial charge in [0.25, 0.3) is 0 Å². The van der Waals surface area contributed by atoms with Crippen LogP contribution < -0.4 is 19.5 Å². The monoisotopic (exact) mass is 253 g/mol. The highest BCUT2D eigenvalue weighted by molar-refractivity contribution is 5.55. The maximum absolute atomic E-state index is 9.16. The molecule has 1 heterocycles. The van der Waals surface area contributed by atoms with Crippen molar-refractivity contribution in [1.82, 2.24) is 5.32 Å². The lowest BCUT2D eigenvalue weighted by Gasteiger charge is -2.10. The molecule has 0 amide bonds. The fraction of sp³-hybridized carbons (Fsp3) is 0.538. The minimum Gasteiger partial charge on any atom is -0.493 e. The summed E-state index contributed by atoms with van der Waals surface area (Å²) in [6, 6.07) is 3.88. The molecule has 5 heteroatoms. The van der Waals surface area contributed by atoms with Crippen molar-refractivity contribution >= 4 is 0 Å². The first-order valence-corrected chi connectivity index (χ1v) is 6.06. The van der Waals surface area contributed by atoms with Gasteiger partial charge in [0.15, 0.2) is 11.5 Å². The topological polar surface area (TPSA) is 60.0 Å². The number of nitrogens with one attached hydrogen (secondary N) is 1. The van der Waals surface area contributed by atoms with Crippen molar-refractivity contribution in [3.05, 3.63) is 17.7 Å². The first-order valence-electron chi connectivity index (χ1n) is 6.06. The molecule has 1 aromatic rings. The molecule has 100 valence electrons. The van der Waals surface area contributed by atoms with Crippen LogP contribution in [0.2, 0.25) is 0 Å². The molecular weight excluding hydrogens is 234 g/mol.